The van der Waals surface area contributed by atoms with Gasteiger partial charge in [-0.05, 0) is 12.1 Å². The van der Waals surface area contributed by atoms with Crippen molar-refractivity contribution in [2.45, 2.75) is 6.10 Å². The molecule has 0 aromatic heterocycles. The summed E-state index contributed by atoms with van der Waals surface area (Å²) in [6.07, 6.45) is -0.377. The lowest BCUT2D eigenvalue weighted by atomic mass is 10.2. The minimum atomic E-state index is -0.431. The van der Waals surface area contributed by atoms with Gasteiger partial charge in [0.2, 0.25) is 0 Å². The summed E-state index contributed by atoms with van der Waals surface area (Å²) in [7, 11) is 0. The summed E-state index contributed by atoms with van der Waals surface area (Å²) >= 11 is 3.19. The number of aliphatic hydroxyl groups is 1. The van der Waals surface area contributed by atoms with Crippen LogP contribution >= 0.6 is 15.9 Å². The molecule has 0 bridgehead atoms. The van der Waals surface area contributed by atoms with Gasteiger partial charge in [0.25, 0.3) is 0 Å². The van der Waals surface area contributed by atoms with E-state index in [0.717, 1.165) is 0 Å². The van der Waals surface area contributed by atoms with Crippen molar-refractivity contribution in [3.63, 3.8) is 0 Å². The van der Waals surface area contributed by atoms with E-state index in [2.05, 4.69) is 21.2 Å². The average Bonchev–Trinajstić information content (AvgIpc) is 2.17. The van der Waals surface area contributed by atoms with Crippen LogP contribution in [0, 0.1) is 5.82 Å². The number of hydrogen-bond acceptors (Lipinski definition) is 3. The lowest BCUT2D eigenvalue weighted by Gasteiger charge is -2.26. The topological polar surface area (TPSA) is 41.5 Å². The smallest absolute Gasteiger partial charge is 0.178 e. The molecule has 3 nitrogen and oxygen atoms in total. The molecule has 76 valence electrons. The van der Waals surface area contributed by atoms with Gasteiger partial charge < -0.3 is 15.2 Å². The molecule has 14 heavy (non-hydrogen) atoms. The first-order chi connectivity index (χ1) is 6.70. The van der Waals surface area contributed by atoms with E-state index in [1.165, 1.54) is 6.07 Å². The fourth-order valence-electron chi connectivity index (χ4n) is 1.35. The Bertz CT molecular complexity index is 359. The molecule has 1 aliphatic rings. The molecule has 1 aromatic carbocycles. The molecule has 0 saturated carbocycles. The number of hydrogen-bond donors (Lipinski definition) is 2. The molecule has 1 heterocycles. The van der Waals surface area contributed by atoms with Gasteiger partial charge in [-0.25, -0.2) is 4.39 Å². The largest absolute Gasteiger partial charge is 0.481 e. The van der Waals surface area contributed by atoms with Crippen LogP contribution in [0.15, 0.2) is 16.6 Å². The summed E-state index contributed by atoms with van der Waals surface area (Å²) in [5, 5.41) is 11.9. The standard InChI is InChI=1S/C9H9BrFNO2/c10-5-1-7(11)9-8(2-5)12-3-6(4-13)14-9/h1-2,6,12-13H,3-4H2/t6-/m1/s1. The SMILES string of the molecule is OC[C@H]1CNc2cc(Br)cc(F)c2O1. The summed E-state index contributed by atoms with van der Waals surface area (Å²) in [6, 6.07) is 3.08. The van der Waals surface area contributed by atoms with Crippen molar-refractivity contribution in [1.82, 2.24) is 0 Å². The van der Waals surface area contributed by atoms with Crippen LogP contribution in [0.1, 0.15) is 0 Å². The Morgan fingerprint density at radius 1 is 1.64 bits per heavy atom. The van der Waals surface area contributed by atoms with Crippen LogP contribution in [0.4, 0.5) is 10.1 Å². The molecule has 0 amide bonds. The zero-order valence-electron chi connectivity index (χ0n) is 7.26. The van der Waals surface area contributed by atoms with E-state index < -0.39 is 5.82 Å². The van der Waals surface area contributed by atoms with Crippen molar-refractivity contribution in [2.24, 2.45) is 0 Å². The molecule has 0 unspecified atom stereocenters. The Morgan fingerprint density at radius 3 is 3.14 bits per heavy atom. The first kappa shape index (κ1) is 9.73. The van der Waals surface area contributed by atoms with Crippen LogP contribution in [0.2, 0.25) is 0 Å². The number of aliphatic hydroxyl groups excluding tert-OH is 1. The van der Waals surface area contributed by atoms with Crippen molar-refractivity contribution >= 4 is 21.6 Å². The van der Waals surface area contributed by atoms with Gasteiger partial charge in [-0.1, -0.05) is 15.9 Å². The second-order valence-electron chi connectivity index (χ2n) is 3.07. The highest BCUT2D eigenvalue weighted by Gasteiger charge is 2.22. The van der Waals surface area contributed by atoms with E-state index in [-0.39, 0.29) is 18.5 Å². The highest BCUT2D eigenvalue weighted by molar-refractivity contribution is 9.10. The fraction of sp³-hybridized carbons (Fsp3) is 0.333. The molecular formula is C9H9BrFNO2. The number of halogens is 2. The van der Waals surface area contributed by atoms with Crippen molar-refractivity contribution < 1.29 is 14.2 Å². The number of fused-ring (bicyclic) bond motifs is 1. The highest BCUT2D eigenvalue weighted by atomic mass is 79.9. The van der Waals surface area contributed by atoms with Crippen molar-refractivity contribution in [1.29, 1.82) is 0 Å². The van der Waals surface area contributed by atoms with E-state index in [0.29, 0.717) is 16.7 Å². The van der Waals surface area contributed by atoms with Gasteiger partial charge >= 0.3 is 0 Å². The lowest BCUT2D eigenvalue weighted by molar-refractivity contribution is 0.115. The summed E-state index contributed by atoms with van der Waals surface area (Å²) < 4.78 is 19.3. The molecule has 0 fully saturated rings. The van der Waals surface area contributed by atoms with Gasteiger partial charge in [-0.3, -0.25) is 0 Å². The van der Waals surface area contributed by atoms with Crippen LogP contribution in [-0.4, -0.2) is 24.4 Å². The van der Waals surface area contributed by atoms with E-state index in [1.807, 2.05) is 0 Å². The number of ether oxygens (including phenoxy) is 1. The molecule has 0 aliphatic carbocycles. The number of nitrogens with one attached hydrogen (secondary N) is 1. The number of anilines is 1. The molecule has 2 N–H and O–H groups in total. The van der Waals surface area contributed by atoms with Gasteiger partial charge in [0.05, 0.1) is 18.8 Å². The predicted molar refractivity (Wildman–Crippen MR) is 54.1 cm³/mol. The second kappa shape index (κ2) is 3.74. The molecule has 2 rings (SSSR count). The Labute approximate surface area is 89.0 Å². The third kappa shape index (κ3) is 1.69. The van der Waals surface area contributed by atoms with E-state index in [9.17, 15) is 4.39 Å². The van der Waals surface area contributed by atoms with E-state index in [4.69, 9.17) is 9.84 Å². The summed E-state index contributed by atoms with van der Waals surface area (Å²) in [5.41, 5.74) is 0.613. The number of benzene rings is 1. The Hall–Kier alpha value is -0.810. The predicted octanol–water partition coefficient (Wildman–Crippen LogP) is 1.75. The van der Waals surface area contributed by atoms with Crippen LogP contribution in [-0.2, 0) is 0 Å². The second-order valence-corrected chi connectivity index (χ2v) is 3.98. The molecule has 1 aliphatic heterocycles. The van der Waals surface area contributed by atoms with Crippen molar-refractivity contribution in [2.75, 3.05) is 18.5 Å². The molecule has 1 aromatic rings. The van der Waals surface area contributed by atoms with Crippen LogP contribution in [0.5, 0.6) is 5.75 Å². The van der Waals surface area contributed by atoms with E-state index >= 15 is 0 Å². The molecule has 0 saturated heterocycles. The average molecular weight is 262 g/mol. The Morgan fingerprint density at radius 2 is 2.43 bits per heavy atom. The summed E-state index contributed by atoms with van der Waals surface area (Å²) in [6.45, 7) is 0.362. The third-order valence-electron chi connectivity index (χ3n) is 2.02. The van der Waals surface area contributed by atoms with Crippen molar-refractivity contribution in [3.05, 3.63) is 22.4 Å². The zero-order chi connectivity index (χ0) is 10.1. The van der Waals surface area contributed by atoms with Gasteiger partial charge in [0.1, 0.15) is 6.10 Å². The molecular weight excluding hydrogens is 253 g/mol. The van der Waals surface area contributed by atoms with Gasteiger partial charge in [0.15, 0.2) is 11.6 Å². The van der Waals surface area contributed by atoms with Gasteiger partial charge in [-0.2, -0.15) is 0 Å². The Balaban J connectivity index is 2.37. The van der Waals surface area contributed by atoms with Crippen molar-refractivity contribution in [3.8, 4) is 5.75 Å². The highest BCUT2D eigenvalue weighted by Crippen LogP contribution is 2.34. The Kier molecular flexibility index (Phi) is 2.60. The van der Waals surface area contributed by atoms with Crippen LogP contribution in [0.25, 0.3) is 0 Å². The molecule has 0 spiro atoms. The zero-order valence-corrected chi connectivity index (χ0v) is 8.84. The number of rotatable bonds is 1. The fourth-order valence-corrected chi connectivity index (χ4v) is 1.78. The maximum Gasteiger partial charge on any atom is 0.178 e. The van der Waals surface area contributed by atoms with E-state index in [1.54, 1.807) is 6.07 Å². The normalized spacial score (nSPS) is 19.5. The van der Waals surface area contributed by atoms with Gasteiger partial charge in [0, 0.05) is 4.47 Å². The first-order valence-electron chi connectivity index (χ1n) is 4.21. The monoisotopic (exact) mass is 261 g/mol. The third-order valence-corrected chi connectivity index (χ3v) is 2.47. The molecule has 5 heteroatoms. The van der Waals surface area contributed by atoms with Gasteiger partial charge in [-0.15, -0.1) is 0 Å². The molecule has 0 radical (unpaired) electrons. The van der Waals surface area contributed by atoms with Crippen LogP contribution < -0.4 is 10.1 Å². The summed E-state index contributed by atoms with van der Waals surface area (Å²) in [4.78, 5) is 0. The first-order valence-corrected chi connectivity index (χ1v) is 5.00. The van der Waals surface area contributed by atoms with Crippen LogP contribution in [0.3, 0.4) is 0 Å². The maximum atomic E-state index is 13.4. The quantitative estimate of drug-likeness (QED) is 0.810. The minimum Gasteiger partial charge on any atom is -0.481 e. The minimum absolute atomic E-state index is 0.123. The lowest BCUT2D eigenvalue weighted by Crippen LogP contribution is -2.34. The molecule has 1 atom stereocenters. The maximum absolute atomic E-state index is 13.4. The summed E-state index contributed by atoms with van der Waals surface area (Å²) in [5.74, 6) is -0.251.